The van der Waals surface area contributed by atoms with E-state index in [9.17, 15) is 15.0 Å². The number of aromatic hydroxyl groups is 1. The summed E-state index contributed by atoms with van der Waals surface area (Å²) in [5.74, 6) is -0.722. The van der Waals surface area contributed by atoms with Crippen LogP contribution in [0.1, 0.15) is 36.8 Å². The largest absolute Gasteiger partial charge is 0.507 e. The lowest BCUT2D eigenvalue weighted by molar-refractivity contribution is -0.143. The van der Waals surface area contributed by atoms with Crippen molar-refractivity contribution in [3.63, 3.8) is 0 Å². The van der Waals surface area contributed by atoms with Crippen LogP contribution in [0, 0.1) is 6.92 Å². The molecule has 17 heavy (non-hydrogen) atoms. The van der Waals surface area contributed by atoms with Crippen molar-refractivity contribution in [1.82, 2.24) is 0 Å². The summed E-state index contributed by atoms with van der Waals surface area (Å²) in [4.78, 5) is 11.6. The first-order valence-corrected chi connectivity index (χ1v) is 6.50. The average Bonchev–Trinajstić information content (AvgIpc) is 2.74. The van der Waals surface area contributed by atoms with E-state index in [-0.39, 0.29) is 5.75 Å². The second-order valence-electron chi connectivity index (χ2n) is 4.68. The molecule has 0 spiro atoms. The van der Waals surface area contributed by atoms with Crippen molar-refractivity contribution in [2.45, 2.75) is 38.0 Å². The fourth-order valence-corrected chi connectivity index (χ4v) is 3.37. The summed E-state index contributed by atoms with van der Waals surface area (Å²) in [6, 6.07) is 3.60. The minimum Gasteiger partial charge on any atom is -0.507 e. The molecule has 4 heteroatoms. The normalized spacial score (nSPS) is 18.2. The lowest BCUT2D eigenvalue weighted by Crippen LogP contribution is -2.33. The third-order valence-corrected chi connectivity index (χ3v) is 4.33. The molecule has 1 aliphatic rings. The van der Waals surface area contributed by atoms with Crippen LogP contribution < -0.4 is 0 Å². The topological polar surface area (TPSA) is 57.5 Å². The van der Waals surface area contributed by atoms with Gasteiger partial charge in [-0.25, -0.2) is 0 Å². The molecule has 92 valence electrons. The Hall–Kier alpha value is -1.03. The van der Waals surface area contributed by atoms with E-state index in [0.717, 1.165) is 18.4 Å². The number of carbonyl (C=O) groups is 1. The molecule has 0 aliphatic heterocycles. The minimum atomic E-state index is -0.922. The zero-order chi connectivity index (χ0) is 12.6. The van der Waals surface area contributed by atoms with E-state index in [1.54, 1.807) is 13.0 Å². The number of phenolic OH excluding ortho intramolecular Hbond substituents is 1. The number of carboxylic acids is 1. The Morgan fingerprint density at radius 1 is 1.35 bits per heavy atom. The van der Waals surface area contributed by atoms with Crippen LogP contribution in [0.4, 0.5) is 0 Å². The third-order valence-electron chi connectivity index (χ3n) is 3.67. The Bertz CT molecular complexity index is 462. The molecular weight excluding hydrogens is 284 g/mol. The second kappa shape index (κ2) is 4.33. The predicted molar refractivity (Wildman–Crippen MR) is 68.3 cm³/mol. The van der Waals surface area contributed by atoms with E-state index >= 15 is 0 Å². The lowest BCUT2D eigenvalue weighted by Gasteiger charge is -2.27. The van der Waals surface area contributed by atoms with E-state index < -0.39 is 11.4 Å². The van der Waals surface area contributed by atoms with Gasteiger partial charge in [-0.15, -0.1) is 0 Å². The van der Waals surface area contributed by atoms with Crippen LogP contribution in [-0.2, 0) is 10.2 Å². The number of aliphatic carboxylic acids is 1. The molecule has 1 aromatic rings. The first-order valence-electron chi connectivity index (χ1n) is 5.71. The number of benzene rings is 1. The van der Waals surface area contributed by atoms with Gasteiger partial charge in [0.2, 0.25) is 0 Å². The quantitative estimate of drug-likeness (QED) is 0.880. The van der Waals surface area contributed by atoms with Crippen LogP contribution >= 0.6 is 15.9 Å². The van der Waals surface area contributed by atoms with E-state index in [1.807, 2.05) is 6.07 Å². The minimum absolute atomic E-state index is 0.115. The van der Waals surface area contributed by atoms with Gasteiger partial charge in [-0.05, 0) is 31.4 Å². The maximum absolute atomic E-state index is 11.6. The van der Waals surface area contributed by atoms with Crippen molar-refractivity contribution in [1.29, 1.82) is 0 Å². The van der Waals surface area contributed by atoms with Crippen molar-refractivity contribution in [2.75, 3.05) is 0 Å². The van der Waals surface area contributed by atoms with Gasteiger partial charge in [0, 0.05) is 10.0 Å². The molecule has 0 radical (unpaired) electrons. The molecule has 2 N–H and O–H groups in total. The summed E-state index contributed by atoms with van der Waals surface area (Å²) < 4.78 is 0.685. The molecule has 1 aliphatic carbocycles. The molecule has 0 bridgehead atoms. The Labute approximate surface area is 109 Å². The lowest BCUT2D eigenvalue weighted by atomic mass is 9.78. The van der Waals surface area contributed by atoms with Gasteiger partial charge in [-0.1, -0.05) is 34.8 Å². The molecule has 2 rings (SSSR count). The highest BCUT2D eigenvalue weighted by molar-refractivity contribution is 9.10. The maximum atomic E-state index is 11.6. The van der Waals surface area contributed by atoms with Gasteiger partial charge < -0.3 is 10.2 Å². The van der Waals surface area contributed by atoms with Crippen molar-refractivity contribution >= 4 is 21.9 Å². The second-order valence-corrected chi connectivity index (χ2v) is 5.54. The van der Waals surface area contributed by atoms with E-state index in [1.165, 1.54) is 0 Å². The van der Waals surface area contributed by atoms with Gasteiger partial charge in [-0.3, -0.25) is 4.79 Å². The van der Waals surface area contributed by atoms with Crippen LogP contribution in [0.3, 0.4) is 0 Å². The highest BCUT2D eigenvalue weighted by Crippen LogP contribution is 2.48. The predicted octanol–water partition coefficient (Wildman–Crippen LogP) is 3.36. The monoisotopic (exact) mass is 298 g/mol. The molecule has 3 nitrogen and oxygen atoms in total. The number of hydrogen-bond acceptors (Lipinski definition) is 2. The Morgan fingerprint density at radius 3 is 2.47 bits per heavy atom. The van der Waals surface area contributed by atoms with Crippen LogP contribution in [-0.4, -0.2) is 16.2 Å². The average molecular weight is 299 g/mol. The summed E-state index contributed by atoms with van der Waals surface area (Å²) in [6.07, 6.45) is 2.98. The third kappa shape index (κ3) is 1.84. The van der Waals surface area contributed by atoms with Crippen molar-refractivity contribution in [3.05, 3.63) is 27.7 Å². The van der Waals surface area contributed by atoms with Crippen molar-refractivity contribution in [3.8, 4) is 5.75 Å². The SMILES string of the molecule is Cc1ccc(Br)c(C2(C(=O)O)CCCC2)c1O. The summed E-state index contributed by atoms with van der Waals surface area (Å²) >= 11 is 3.37. The highest BCUT2D eigenvalue weighted by Gasteiger charge is 2.46. The van der Waals surface area contributed by atoms with Gasteiger partial charge >= 0.3 is 5.97 Å². The molecule has 1 fully saturated rings. The van der Waals surface area contributed by atoms with E-state index in [2.05, 4.69) is 15.9 Å². The molecule has 0 saturated heterocycles. The van der Waals surface area contributed by atoms with Crippen molar-refractivity contribution in [2.24, 2.45) is 0 Å². The molecule has 1 saturated carbocycles. The smallest absolute Gasteiger partial charge is 0.314 e. The van der Waals surface area contributed by atoms with Crippen LogP contribution in [0.15, 0.2) is 16.6 Å². The van der Waals surface area contributed by atoms with Gasteiger partial charge in [0.1, 0.15) is 5.75 Å². The summed E-state index contributed by atoms with van der Waals surface area (Å²) in [5, 5.41) is 19.7. The zero-order valence-electron chi connectivity index (χ0n) is 9.66. The van der Waals surface area contributed by atoms with Crippen LogP contribution in [0.5, 0.6) is 5.75 Å². The number of hydrogen-bond donors (Lipinski definition) is 2. The Balaban J connectivity index is 2.66. The maximum Gasteiger partial charge on any atom is 0.314 e. The highest BCUT2D eigenvalue weighted by atomic mass is 79.9. The fourth-order valence-electron chi connectivity index (χ4n) is 2.68. The molecule has 1 aromatic carbocycles. The molecule has 0 unspecified atom stereocenters. The number of rotatable bonds is 2. The van der Waals surface area contributed by atoms with Gasteiger partial charge in [0.05, 0.1) is 5.41 Å². The first kappa shape index (κ1) is 12.4. The van der Waals surface area contributed by atoms with Gasteiger partial charge in [0.25, 0.3) is 0 Å². The van der Waals surface area contributed by atoms with E-state index in [0.29, 0.717) is 22.9 Å². The molecular formula is C13H15BrO3. The van der Waals surface area contributed by atoms with Crippen LogP contribution in [0.25, 0.3) is 0 Å². The zero-order valence-corrected chi connectivity index (χ0v) is 11.2. The number of aryl methyl sites for hydroxylation is 1. The Kier molecular flexibility index (Phi) is 3.17. The van der Waals surface area contributed by atoms with Crippen molar-refractivity contribution < 1.29 is 15.0 Å². The summed E-state index contributed by atoms with van der Waals surface area (Å²) in [7, 11) is 0. The number of carboxylic acid groups (broad SMARTS) is 1. The van der Waals surface area contributed by atoms with Gasteiger partial charge in [-0.2, -0.15) is 0 Å². The Morgan fingerprint density at radius 2 is 1.94 bits per heavy atom. The fraction of sp³-hybridized carbons (Fsp3) is 0.462. The summed E-state index contributed by atoms with van der Waals surface area (Å²) in [6.45, 7) is 1.79. The molecule has 0 aromatic heterocycles. The standard InChI is InChI=1S/C13H15BrO3/c1-8-4-5-9(14)10(11(8)15)13(12(16)17)6-2-3-7-13/h4-5,15H,2-3,6-7H2,1H3,(H,16,17). The first-order chi connectivity index (χ1) is 7.99. The molecule has 0 heterocycles. The van der Waals surface area contributed by atoms with Crippen LogP contribution in [0.2, 0.25) is 0 Å². The number of phenols is 1. The van der Waals surface area contributed by atoms with E-state index in [4.69, 9.17) is 0 Å². The molecule has 0 amide bonds. The number of halogens is 1. The summed E-state index contributed by atoms with van der Waals surface area (Å²) in [5.41, 5.74) is 0.341. The van der Waals surface area contributed by atoms with Gasteiger partial charge in [0.15, 0.2) is 0 Å². The molecule has 0 atom stereocenters.